The molecular weight excluding hydrogens is 408 g/mol. The summed E-state index contributed by atoms with van der Waals surface area (Å²) in [6.45, 7) is 5.78. The zero-order valence-electron chi connectivity index (χ0n) is 17.3. The molecular formula is C21H26N2O6S. The number of hydrogen-bond acceptors (Lipinski definition) is 6. The molecule has 0 atom stereocenters. The Morgan fingerprint density at radius 1 is 1.20 bits per heavy atom. The van der Waals surface area contributed by atoms with Crippen molar-refractivity contribution in [1.82, 2.24) is 4.31 Å². The minimum absolute atomic E-state index is 0.126. The highest BCUT2D eigenvalue weighted by Crippen LogP contribution is 2.27. The van der Waals surface area contributed by atoms with Crippen LogP contribution in [-0.2, 0) is 14.8 Å². The molecule has 0 unspecified atom stereocenters. The quantitative estimate of drug-likeness (QED) is 0.749. The molecule has 0 saturated carbocycles. The van der Waals surface area contributed by atoms with Crippen molar-refractivity contribution in [2.75, 3.05) is 18.4 Å². The first-order valence-corrected chi connectivity index (χ1v) is 11.3. The van der Waals surface area contributed by atoms with Crippen molar-refractivity contribution in [2.45, 2.75) is 51.0 Å². The fourth-order valence-electron chi connectivity index (χ4n) is 3.43. The van der Waals surface area contributed by atoms with Gasteiger partial charge in [-0.3, -0.25) is 4.79 Å². The van der Waals surface area contributed by atoms with E-state index >= 15 is 0 Å². The van der Waals surface area contributed by atoms with Gasteiger partial charge in [0.1, 0.15) is 17.6 Å². The lowest BCUT2D eigenvalue weighted by atomic mass is 10.1. The van der Waals surface area contributed by atoms with Crippen molar-refractivity contribution >= 4 is 21.6 Å². The van der Waals surface area contributed by atoms with Gasteiger partial charge >= 0.3 is 5.63 Å². The predicted molar refractivity (Wildman–Crippen MR) is 112 cm³/mol. The number of amides is 1. The van der Waals surface area contributed by atoms with Crippen LogP contribution in [0.1, 0.15) is 37.5 Å². The van der Waals surface area contributed by atoms with Crippen LogP contribution in [0.4, 0.5) is 5.69 Å². The second-order valence-electron chi connectivity index (χ2n) is 7.33. The first-order valence-electron chi connectivity index (χ1n) is 9.88. The van der Waals surface area contributed by atoms with E-state index in [0.29, 0.717) is 55.1 Å². The van der Waals surface area contributed by atoms with E-state index in [1.165, 1.54) is 16.4 Å². The Morgan fingerprint density at radius 3 is 2.50 bits per heavy atom. The van der Waals surface area contributed by atoms with Crippen LogP contribution in [0.15, 0.2) is 44.4 Å². The summed E-state index contributed by atoms with van der Waals surface area (Å²) in [4.78, 5) is 23.2. The number of aryl methyl sites for hydroxylation is 2. The molecule has 2 aromatic rings. The van der Waals surface area contributed by atoms with Gasteiger partial charge < -0.3 is 14.5 Å². The maximum Gasteiger partial charge on any atom is 0.339 e. The Kier molecular flexibility index (Phi) is 6.62. The lowest BCUT2D eigenvalue weighted by Crippen LogP contribution is -2.42. The molecule has 1 aliphatic rings. The van der Waals surface area contributed by atoms with Crippen molar-refractivity contribution in [3.8, 4) is 5.75 Å². The third kappa shape index (κ3) is 5.09. The minimum Gasteiger partial charge on any atom is -0.490 e. The number of anilines is 1. The minimum atomic E-state index is -3.65. The Balaban J connectivity index is 1.67. The van der Waals surface area contributed by atoms with Gasteiger partial charge in [0.25, 0.3) is 0 Å². The lowest BCUT2D eigenvalue weighted by Gasteiger charge is -2.31. The molecule has 9 heteroatoms. The predicted octanol–water partition coefficient (Wildman–Crippen LogP) is 2.84. The number of carbonyl (C=O) groups excluding carboxylic acids is 1. The molecule has 30 heavy (non-hydrogen) atoms. The molecule has 8 nitrogen and oxygen atoms in total. The standard InChI is InChI=1S/C21H26N2O6S/c1-4-20(24)22-16-5-6-19(14(2)11-16)30(26,27)23-9-7-17(8-10-23)29-18-12-15(3)28-21(25)13-18/h5-6,11-13,17H,4,7-10H2,1-3H3,(H,22,24). The van der Waals surface area contributed by atoms with Gasteiger partial charge in [0, 0.05) is 31.3 Å². The summed E-state index contributed by atoms with van der Waals surface area (Å²) in [5, 5.41) is 2.73. The number of sulfonamides is 1. The van der Waals surface area contributed by atoms with Crippen LogP contribution >= 0.6 is 0 Å². The number of carbonyl (C=O) groups is 1. The number of nitrogens with one attached hydrogen (secondary N) is 1. The molecule has 1 aliphatic heterocycles. The number of benzene rings is 1. The van der Waals surface area contributed by atoms with Crippen molar-refractivity contribution in [1.29, 1.82) is 0 Å². The molecule has 3 rings (SSSR count). The molecule has 1 aromatic carbocycles. The molecule has 1 N–H and O–H groups in total. The molecule has 1 fully saturated rings. The molecule has 1 saturated heterocycles. The van der Waals surface area contributed by atoms with E-state index < -0.39 is 15.6 Å². The van der Waals surface area contributed by atoms with Crippen molar-refractivity contribution in [2.24, 2.45) is 0 Å². The molecule has 1 amide bonds. The topological polar surface area (TPSA) is 106 Å². The second kappa shape index (κ2) is 9.01. The molecule has 162 valence electrons. The summed E-state index contributed by atoms with van der Waals surface area (Å²) in [5.74, 6) is 0.774. The molecule has 0 radical (unpaired) electrons. The highest BCUT2D eigenvalue weighted by atomic mass is 32.2. The van der Waals surface area contributed by atoms with Crippen molar-refractivity contribution in [3.63, 3.8) is 0 Å². The fourth-order valence-corrected chi connectivity index (χ4v) is 5.11. The zero-order valence-corrected chi connectivity index (χ0v) is 18.1. The Hall–Kier alpha value is -2.65. The first kappa shape index (κ1) is 22.0. The summed E-state index contributed by atoms with van der Waals surface area (Å²) in [7, 11) is -3.65. The zero-order chi connectivity index (χ0) is 21.9. The third-order valence-corrected chi connectivity index (χ3v) is 7.03. The Morgan fingerprint density at radius 2 is 1.90 bits per heavy atom. The van der Waals surface area contributed by atoms with Crippen LogP contribution in [0.2, 0.25) is 0 Å². The highest BCUT2D eigenvalue weighted by molar-refractivity contribution is 7.89. The van der Waals surface area contributed by atoms with Crippen LogP contribution < -0.4 is 15.7 Å². The number of hydrogen-bond donors (Lipinski definition) is 1. The van der Waals surface area contributed by atoms with Gasteiger partial charge in [0.05, 0.1) is 11.0 Å². The summed E-state index contributed by atoms with van der Waals surface area (Å²) < 4.78 is 38.4. The van der Waals surface area contributed by atoms with Crippen LogP contribution in [0.25, 0.3) is 0 Å². The summed E-state index contributed by atoms with van der Waals surface area (Å²) >= 11 is 0. The average molecular weight is 435 g/mol. The smallest absolute Gasteiger partial charge is 0.339 e. The van der Waals surface area contributed by atoms with E-state index in [0.717, 1.165) is 0 Å². The highest BCUT2D eigenvalue weighted by Gasteiger charge is 2.31. The molecule has 1 aromatic heterocycles. The monoisotopic (exact) mass is 434 g/mol. The first-order chi connectivity index (χ1) is 14.2. The number of rotatable bonds is 6. The third-order valence-electron chi connectivity index (χ3n) is 4.97. The van der Waals surface area contributed by atoms with Crippen LogP contribution in [0.3, 0.4) is 0 Å². The van der Waals surface area contributed by atoms with E-state index in [1.807, 2.05) is 0 Å². The van der Waals surface area contributed by atoms with E-state index in [9.17, 15) is 18.0 Å². The number of piperidine rings is 1. The summed E-state index contributed by atoms with van der Waals surface area (Å²) in [6.07, 6.45) is 1.21. The molecule has 2 heterocycles. The van der Waals surface area contributed by atoms with Crippen molar-refractivity contribution < 1.29 is 22.4 Å². The number of nitrogens with zero attached hydrogens (tertiary/aromatic N) is 1. The summed E-state index contributed by atoms with van der Waals surface area (Å²) in [6, 6.07) is 7.74. The van der Waals surface area contributed by atoms with Gasteiger partial charge in [-0.1, -0.05) is 6.92 Å². The van der Waals surface area contributed by atoms with Gasteiger partial charge in [-0.15, -0.1) is 0 Å². The van der Waals surface area contributed by atoms with Gasteiger partial charge in [-0.05, 0) is 50.5 Å². The molecule has 0 bridgehead atoms. The van der Waals surface area contributed by atoms with Gasteiger partial charge in [-0.25, -0.2) is 13.2 Å². The summed E-state index contributed by atoms with van der Waals surface area (Å²) in [5.41, 5.74) is 0.681. The maximum absolute atomic E-state index is 13.1. The van der Waals surface area contributed by atoms with Crippen molar-refractivity contribution in [3.05, 3.63) is 52.1 Å². The van der Waals surface area contributed by atoms with Gasteiger partial charge in [-0.2, -0.15) is 4.31 Å². The van der Waals surface area contributed by atoms with Gasteiger partial charge in [0.2, 0.25) is 15.9 Å². The van der Waals surface area contributed by atoms with Crippen LogP contribution in [0, 0.1) is 13.8 Å². The van der Waals surface area contributed by atoms with E-state index in [-0.39, 0.29) is 16.9 Å². The lowest BCUT2D eigenvalue weighted by molar-refractivity contribution is -0.115. The fraction of sp³-hybridized carbons (Fsp3) is 0.429. The molecule has 0 spiro atoms. The Bertz CT molecular complexity index is 1080. The van der Waals surface area contributed by atoms with E-state index in [1.54, 1.807) is 39.0 Å². The average Bonchev–Trinajstić information content (AvgIpc) is 2.67. The van der Waals surface area contributed by atoms with E-state index in [4.69, 9.17) is 9.15 Å². The van der Waals surface area contributed by atoms with Gasteiger partial charge in [0.15, 0.2) is 0 Å². The normalized spacial score (nSPS) is 15.7. The molecule has 0 aliphatic carbocycles. The SMILES string of the molecule is CCC(=O)Nc1ccc(S(=O)(=O)N2CCC(Oc3cc(C)oc(=O)c3)CC2)c(C)c1. The maximum atomic E-state index is 13.1. The Labute approximate surface area is 175 Å². The second-order valence-corrected chi connectivity index (χ2v) is 9.23. The van der Waals surface area contributed by atoms with E-state index in [2.05, 4.69) is 5.32 Å². The number of ether oxygens (including phenoxy) is 1. The van der Waals surface area contributed by atoms with Crippen LogP contribution in [0.5, 0.6) is 5.75 Å². The van der Waals surface area contributed by atoms with Crippen LogP contribution in [-0.4, -0.2) is 37.8 Å². The largest absolute Gasteiger partial charge is 0.490 e.